The quantitative estimate of drug-likeness (QED) is 0.556. The second-order valence-electron chi connectivity index (χ2n) is 2.24. The summed E-state index contributed by atoms with van der Waals surface area (Å²) in [5.41, 5.74) is 0. The molecule has 1 aliphatic rings. The average Bonchev–Trinajstić information content (AvgIpc) is 2.33. The second kappa shape index (κ2) is 1.83. The molecule has 0 radical (unpaired) electrons. The Balaban J connectivity index is 2.39. The van der Waals surface area contributed by atoms with E-state index in [9.17, 15) is 4.79 Å². The van der Waals surface area contributed by atoms with Gasteiger partial charge in [0.15, 0.2) is 0 Å². The predicted octanol–water partition coefficient (Wildman–Crippen LogP) is 0.225. The lowest BCUT2D eigenvalue weighted by molar-refractivity contribution is -0.116. The Morgan fingerprint density at radius 1 is 1.70 bits per heavy atom. The van der Waals surface area contributed by atoms with Crippen LogP contribution in [0.2, 0.25) is 0 Å². The molecule has 0 unspecified atom stereocenters. The van der Waals surface area contributed by atoms with E-state index in [-0.39, 0.29) is 5.91 Å². The van der Waals surface area contributed by atoms with Crippen LogP contribution in [0.1, 0.15) is 6.42 Å². The lowest BCUT2D eigenvalue weighted by Crippen LogP contribution is -2.23. The molecule has 1 aliphatic heterocycles. The fourth-order valence-corrected chi connectivity index (χ4v) is 1.03. The van der Waals surface area contributed by atoms with Gasteiger partial charge in [0.1, 0.15) is 5.82 Å². The van der Waals surface area contributed by atoms with Gasteiger partial charge in [-0.05, 0) is 0 Å². The number of nitrogens with one attached hydrogen (secondary N) is 1. The lowest BCUT2D eigenvalue weighted by Gasteiger charge is -2.13. The summed E-state index contributed by atoms with van der Waals surface area (Å²) in [6.45, 7) is 0.703. The molecular formula is C6H7N3O. The van der Waals surface area contributed by atoms with E-state index in [0.29, 0.717) is 13.0 Å². The predicted molar refractivity (Wildman–Crippen MR) is 35.5 cm³/mol. The number of carbonyl (C=O) groups is 1. The maximum atomic E-state index is 10.8. The lowest BCUT2D eigenvalue weighted by atomic mass is 10.3. The first-order valence-corrected chi connectivity index (χ1v) is 3.18. The smallest absolute Gasteiger partial charge is 0.227 e. The number of nitrogens with zero attached hydrogens (tertiary/aromatic N) is 2. The number of amides is 1. The van der Waals surface area contributed by atoms with Crippen molar-refractivity contribution in [3.63, 3.8) is 0 Å². The number of fused-ring (bicyclic) bond motifs is 1. The van der Waals surface area contributed by atoms with Crippen molar-refractivity contribution in [3.8, 4) is 0 Å². The largest absolute Gasteiger partial charge is 0.311 e. The van der Waals surface area contributed by atoms with Gasteiger partial charge in [0.05, 0.1) is 12.7 Å². The van der Waals surface area contributed by atoms with Crippen LogP contribution in [0.15, 0.2) is 12.3 Å². The van der Waals surface area contributed by atoms with Gasteiger partial charge in [0, 0.05) is 12.5 Å². The Labute approximate surface area is 57.8 Å². The zero-order valence-corrected chi connectivity index (χ0v) is 5.37. The highest BCUT2D eigenvalue weighted by Crippen LogP contribution is 2.11. The molecular weight excluding hydrogens is 130 g/mol. The second-order valence-corrected chi connectivity index (χ2v) is 2.24. The molecule has 0 saturated heterocycles. The van der Waals surface area contributed by atoms with Crippen LogP contribution in [0.5, 0.6) is 0 Å². The van der Waals surface area contributed by atoms with Gasteiger partial charge < -0.3 is 5.32 Å². The molecule has 1 N–H and O–H groups in total. The van der Waals surface area contributed by atoms with E-state index < -0.39 is 0 Å². The van der Waals surface area contributed by atoms with Gasteiger partial charge in [-0.25, -0.2) is 4.68 Å². The third kappa shape index (κ3) is 0.689. The molecule has 2 heterocycles. The Bertz CT molecular complexity index is 266. The van der Waals surface area contributed by atoms with Crippen molar-refractivity contribution >= 4 is 11.7 Å². The number of aromatic nitrogens is 2. The van der Waals surface area contributed by atoms with Crippen molar-refractivity contribution in [2.24, 2.45) is 0 Å². The van der Waals surface area contributed by atoms with Gasteiger partial charge in [0.25, 0.3) is 0 Å². The molecule has 0 aromatic carbocycles. The molecule has 4 nitrogen and oxygen atoms in total. The van der Waals surface area contributed by atoms with Gasteiger partial charge in [-0.3, -0.25) is 4.79 Å². The van der Waals surface area contributed by atoms with E-state index in [1.165, 1.54) is 0 Å². The Morgan fingerprint density at radius 2 is 2.60 bits per heavy atom. The van der Waals surface area contributed by atoms with E-state index in [1.807, 2.05) is 0 Å². The summed E-state index contributed by atoms with van der Waals surface area (Å²) in [5, 5.41) is 6.69. The fraction of sp³-hybridized carbons (Fsp3) is 0.333. The van der Waals surface area contributed by atoms with E-state index >= 15 is 0 Å². The maximum absolute atomic E-state index is 10.8. The van der Waals surface area contributed by atoms with Crippen molar-refractivity contribution in [1.29, 1.82) is 0 Å². The van der Waals surface area contributed by atoms with E-state index in [0.717, 1.165) is 5.82 Å². The van der Waals surface area contributed by atoms with Crippen molar-refractivity contribution in [2.45, 2.75) is 13.0 Å². The number of hydrogen-bond donors (Lipinski definition) is 1. The third-order valence-corrected chi connectivity index (χ3v) is 1.53. The normalized spacial score (nSPS) is 16.2. The number of aryl methyl sites for hydroxylation is 1. The molecule has 52 valence electrons. The molecule has 0 bridgehead atoms. The first-order chi connectivity index (χ1) is 4.86. The molecule has 1 aromatic heterocycles. The Hall–Kier alpha value is -1.32. The highest BCUT2D eigenvalue weighted by molar-refractivity contribution is 5.90. The molecule has 0 atom stereocenters. The topological polar surface area (TPSA) is 46.9 Å². The summed E-state index contributed by atoms with van der Waals surface area (Å²) < 4.78 is 1.78. The monoisotopic (exact) mass is 137 g/mol. The van der Waals surface area contributed by atoms with Gasteiger partial charge in [-0.15, -0.1) is 0 Å². The van der Waals surface area contributed by atoms with Crippen molar-refractivity contribution in [2.75, 3.05) is 5.32 Å². The molecule has 0 fully saturated rings. The zero-order chi connectivity index (χ0) is 6.97. The number of carbonyl (C=O) groups excluding carboxylic acids is 1. The van der Waals surface area contributed by atoms with Gasteiger partial charge >= 0.3 is 0 Å². The summed E-state index contributed by atoms with van der Waals surface area (Å²) in [6.07, 6.45) is 2.22. The molecule has 1 aromatic rings. The highest BCUT2D eigenvalue weighted by atomic mass is 16.1. The summed E-state index contributed by atoms with van der Waals surface area (Å²) in [4.78, 5) is 10.8. The molecule has 0 spiro atoms. The van der Waals surface area contributed by atoms with E-state index in [2.05, 4.69) is 10.4 Å². The zero-order valence-electron chi connectivity index (χ0n) is 5.37. The average molecular weight is 137 g/mol. The van der Waals surface area contributed by atoms with E-state index in [1.54, 1.807) is 16.9 Å². The molecule has 0 saturated carbocycles. The summed E-state index contributed by atoms with van der Waals surface area (Å²) in [5.74, 6) is 0.879. The van der Waals surface area contributed by atoms with E-state index in [4.69, 9.17) is 0 Å². The van der Waals surface area contributed by atoms with Crippen LogP contribution in [0.3, 0.4) is 0 Å². The van der Waals surface area contributed by atoms with Crippen LogP contribution >= 0.6 is 0 Å². The summed E-state index contributed by atoms with van der Waals surface area (Å²) >= 11 is 0. The summed E-state index contributed by atoms with van der Waals surface area (Å²) in [7, 11) is 0. The van der Waals surface area contributed by atoms with Gasteiger partial charge in [-0.2, -0.15) is 5.10 Å². The standard InChI is InChI=1S/C6H7N3O/c10-6-2-4-9-5(8-6)1-3-7-9/h1,3H,2,4H2,(H,8,10). The number of anilines is 1. The first-order valence-electron chi connectivity index (χ1n) is 3.18. The summed E-state index contributed by atoms with van der Waals surface area (Å²) in [6, 6.07) is 1.79. The minimum atomic E-state index is 0.0769. The minimum absolute atomic E-state index is 0.0769. The van der Waals surface area contributed by atoms with Gasteiger partial charge in [-0.1, -0.05) is 0 Å². The van der Waals surface area contributed by atoms with Crippen LogP contribution in [-0.4, -0.2) is 15.7 Å². The van der Waals surface area contributed by atoms with Crippen molar-refractivity contribution in [3.05, 3.63) is 12.3 Å². The van der Waals surface area contributed by atoms with Gasteiger partial charge in [0.2, 0.25) is 5.91 Å². The maximum Gasteiger partial charge on any atom is 0.227 e. The Morgan fingerprint density at radius 3 is 3.50 bits per heavy atom. The molecule has 0 aliphatic carbocycles. The van der Waals surface area contributed by atoms with Crippen LogP contribution in [-0.2, 0) is 11.3 Å². The van der Waals surface area contributed by atoms with Crippen LogP contribution in [0.25, 0.3) is 0 Å². The highest BCUT2D eigenvalue weighted by Gasteiger charge is 2.12. The molecule has 10 heavy (non-hydrogen) atoms. The van der Waals surface area contributed by atoms with Crippen LogP contribution < -0.4 is 5.32 Å². The number of rotatable bonds is 0. The third-order valence-electron chi connectivity index (χ3n) is 1.53. The van der Waals surface area contributed by atoms with Crippen molar-refractivity contribution < 1.29 is 4.79 Å². The van der Waals surface area contributed by atoms with Crippen LogP contribution in [0.4, 0.5) is 5.82 Å². The first kappa shape index (κ1) is 5.46. The number of hydrogen-bond acceptors (Lipinski definition) is 2. The van der Waals surface area contributed by atoms with Crippen molar-refractivity contribution in [1.82, 2.24) is 9.78 Å². The fourth-order valence-electron chi connectivity index (χ4n) is 1.03. The van der Waals surface area contributed by atoms with Crippen LogP contribution in [0, 0.1) is 0 Å². The molecule has 1 amide bonds. The Kier molecular flexibility index (Phi) is 1.00. The minimum Gasteiger partial charge on any atom is -0.311 e. The molecule has 4 heteroatoms. The molecule has 2 rings (SSSR count). The SMILES string of the molecule is O=C1CCn2nccc2N1.